The molecular weight excluding hydrogens is 401 g/mol. The average molecular weight is 420 g/mol. The Kier molecular flexibility index (Phi) is 8.26. The topological polar surface area (TPSA) is 69.7 Å². The van der Waals surface area contributed by atoms with Gasteiger partial charge in [0.2, 0.25) is 5.76 Å². The molecule has 0 aliphatic carbocycles. The van der Waals surface area contributed by atoms with Gasteiger partial charge in [0.1, 0.15) is 24.3 Å². The Balaban J connectivity index is 2.01. The van der Waals surface area contributed by atoms with Gasteiger partial charge >= 0.3 is 6.18 Å². The summed E-state index contributed by atoms with van der Waals surface area (Å²) in [4.78, 5) is 20.7. The lowest BCUT2D eigenvalue weighted by Crippen LogP contribution is -2.24. The summed E-state index contributed by atoms with van der Waals surface area (Å²) in [5, 5.41) is 0. The molecule has 0 fully saturated rings. The largest absolute Gasteiger partial charge is 0.487 e. The molecule has 0 saturated carbocycles. The van der Waals surface area contributed by atoms with E-state index in [2.05, 4.69) is 21.1 Å². The maximum atomic E-state index is 12.8. The second kappa shape index (κ2) is 10.9. The molecule has 0 radical (unpaired) electrons. The monoisotopic (exact) mass is 420 g/mol. The fourth-order valence-corrected chi connectivity index (χ4v) is 2.29. The van der Waals surface area contributed by atoms with Crippen molar-refractivity contribution in [1.82, 2.24) is 10.5 Å². The minimum atomic E-state index is -4.63. The number of carbonyl (C=O) groups excluding carboxylic acids is 1. The van der Waals surface area contributed by atoms with Gasteiger partial charge in [-0.05, 0) is 48.7 Å². The second-order valence-electron chi connectivity index (χ2n) is 5.82. The molecule has 30 heavy (non-hydrogen) atoms. The molecule has 6 nitrogen and oxygen atoms in total. The highest BCUT2D eigenvalue weighted by Crippen LogP contribution is 2.27. The molecule has 158 valence electrons. The highest BCUT2D eigenvalue weighted by atomic mass is 19.4. The molecule has 0 unspecified atom stereocenters. The van der Waals surface area contributed by atoms with Crippen LogP contribution in [0.3, 0.4) is 0 Å². The molecule has 1 heterocycles. The van der Waals surface area contributed by atoms with Gasteiger partial charge < -0.3 is 9.47 Å². The summed E-state index contributed by atoms with van der Waals surface area (Å²) in [5.41, 5.74) is 4.00. The number of halogens is 3. The number of carbonyl (C=O) groups is 1. The lowest BCUT2D eigenvalue weighted by Gasteiger charge is -2.12. The van der Waals surface area contributed by atoms with Gasteiger partial charge in [0, 0.05) is 6.20 Å². The summed E-state index contributed by atoms with van der Waals surface area (Å²) < 4.78 is 47.9. The van der Waals surface area contributed by atoms with Crippen molar-refractivity contribution < 1.29 is 32.3 Å². The van der Waals surface area contributed by atoms with Crippen molar-refractivity contribution in [3.05, 3.63) is 71.4 Å². The number of benzene rings is 1. The molecule has 2 aromatic rings. The summed E-state index contributed by atoms with van der Waals surface area (Å²) >= 11 is 0. The molecule has 9 heteroatoms. The fraction of sp³-hybridized carbons (Fsp3) is 0.238. The van der Waals surface area contributed by atoms with Gasteiger partial charge in [-0.2, -0.15) is 13.2 Å². The Hall–Kier alpha value is -3.51. The van der Waals surface area contributed by atoms with E-state index in [-0.39, 0.29) is 24.7 Å². The van der Waals surface area contributed by atoms with Crippen molar-refractivity contribution in [2.24, 2.45) is 0 Å². The maximum Gasteiger partial charge on any atom is 0.452 e. The van der Waals surface area contributed by atoms with Crippen LogP contribution in [-0.2, 0) is 16.0 Å². The summed E-state index contributed by atoms with van der Waals surface area (Å²) in [6, 6.07) is 9.81. The van der Waals surface area contributed by atoms with E-state index < -0.39 is 17.8 Å². The van der Waals surface area contributed by atoms with Crippen LogP contribution >= 0.6 is 0 Å². The Labute approximate surface area is 171 Å². The Morgan fingerprint density at radius 2 is 1.97 bits per heavy atom. The summed E-state index contributed by atoms with van der Waals surface area (Å²) in [5.74, 6) is 0.705. The molecular formula is C21H19F3N2O4. The van der Waals surface area contributed by atoms with Crippen LogP contribution in [0, 0.1) is 12.3 Å². The SMILES string of the molecule is C#CCONC(=O)c1cc(Cc2ccc(O/C=C(\OCC)C(F)(F)F)cc2)ccn1. The minimum Gasteiger partial charge on any atom is -0.487 e. The number of ether oxygens (including phenoxy) is 2. The molecule has 1 aromatic heterocycles. The summed E-state index contributed by atoms with van der Waals surface area (Å²) in [7, 11) is 0. The lowest BCUT2D eigenvalue weighted by molar-refractivity contribution is -0.132. The van der Waals surface area contributed by atoms with E-state index in [0.717, 1.165) is 11.1 Å². The number of amides is 1. The predicted octanol–water partition coefficient (Wildman–Crippen LogP) is 3.79. The van der Waals surface area contributed by atoms with Crippen LogP contribution in [0.5, 0.6) is 5.75 Å². The second-order valence-corrected chi connectivity index (χ2v) is 5.82. The van der Waals surface area contributed by atoms with Gasteiger partial charge in [0.15, 0.2) is 0 Å². The van der Waals surface area contributed by atoms with Crippen LogP contribution in [-0.4, -0.2) is 30.3 Å². The van der Waals surface area contributed by atoms with Gasteiger partial charge in [0.25, 0.3) is 5.91 Å². The van der Waals surface area contributed by atoms with E-state index in [0.29, 0.717) is 12.7 Å². The quantitative estimate of drug-likeness (QED) is 0.289. The van der Waals surface area contributed by atoms with Gasteiger partial charge in [-0.15, -0.1) is 6.42 Å². The first-order valence-electron chi connectivity index (χ1n) is 8.79. The number of rotatable bonds is 9. The number of pyridine rings is 1. The first kappa shape index (κ1) is 22.8. The van der Waals surface area contributed by atoms with Gasteiger partial charge in [-0.3, -0.25) is 14.6 Å². The Morgan fingerprint density at radius 3 is 2.60 bits per heavy atom. The third-order valence-electron chi connectivity index (χ3n) is 3.59. The Morgan fingerprint density at radius 1 is 1.23 bits per heavy atom. The van der Waals surface area contributed by atoms with Crippen LogP contribution < -0.4 is 10.2 Å². The zero-order valence-electron chi connectivity index (χ0n) is 16.0. The summed E-state index contributed by atoms with van der Waals surface area (Å²) in [6.45, 7) is 1.26. The molecule has 1 N–H and O–H groups in total. The number of alkyl halides is 3. The number of nitrogens with zero attached hydrogens (tertiary/aromatic N) is 1. The molecule has 2 rings (SSSR count). The zero-order valence-corrected chi connectivity index (χ0v) is 16.0. The standard InChI is InChI=1S/C21H19F3N2O4/c1-3-11-30-26-20(27)18-13-16(9-10-25-18)12-15-5-7-17(8-6-15)29-14-19(28-4-2)21(22,23)24/h1,5-10,13-14H,4,11-12H2,2H3,(H,26,27)/b19-14-. The van der Waals surface area contributed by atoms with Crippen molar-refractivity contribution in [1.29, 1.82) is 0 Å². The van der Waals surface area contributed by atoms with Gasteiger partial charge in [0.05, 0.1) is 6.61 Å². The maximum absolute atomic E-state index is 12.8. The van der Waals surface area contributed by atoms with E-state index in [1.54, 1.807) is 24.3 Å². The van der Waals surface area contributed by atoms with Crippen LogP contribution in [0.25, 0.3) is 0 Å². The smallest absolute Gasteiger partial charge is 0.452 e. The van der Waals surface area contributed by atoms with E-state index >= 15 is 0 Å². The first-order valence-corrected chi connectivity index (χ1v) is 8.79. The van der Waals surface area contributed by atoms with Gasteiger partial charge in [-0.25, -0.2) is 5.48 Å². The first-order chi connectivity index (χ1) is 14.3. The third kappa shape index (κ3) is 7.14. The number of aromatic nitrogens is 1. The van der Waals surface area contributed by atoms with Crippen LogP contribution in [0.4, 0.5) is 13.2 Å². The van der Waals surface area contributed by atoms with Crippen molar-refractivity contribution in [2.45, 2.75) is 19.5 Å². The Bertz CT molecular complexity index is 919. The highest BCUT2D eigenvalue weighted by molar-refractivity contribution is 5.91. The van der Waals surface area contributed by atoms with Gasteiger partial charge in [-0.1, -0.05) is 18.1 Å². The molecule has 0 atom stereocenters. The molecule has 0 bridgehead atoms. The molecule has 1 aromatic carbocycles. The van der Waals surface area contributed by atoms with Crippen LogP contribution in [0.2, 0.25) is 0 Å². The lowest BCUT2D eigenvalue weighted by atomic mass is 10.1. The molecule has 0 aliphatic rings. The number of hydrogen-bond acceptors (Lipinski definition) is 5. The number of hydroxylamine groups is 1. The van der Waals surface area contributed by atoms with E-state index in [1.165, 1.54) is 25.3 Å². The molecule has 1 amide bonds. The zero-order chi connectivity index (χ0) is 22.0. The number of nitrogens with one attached hydrogen (secondary N) is 1. The van der Waals surface area contributed by atoms with E-state index in [9.17, 15) is 18.0 Å². The average Bonchev–Trinajstić information content (AvgIpc) is 2.71. The number of allylic oxidation sites excluding steroid dienone is 1. The predicted molar refractivity (Wildman–Crippen MR) is 102 cm³/mol. The normalized spacial score (nSPS) is 11.5. The highest BCUT2D eigenvalue weighted by Gasteiger charge is 2.36. The van der Waals surface area contributed by atoms with E-state index in [1.807, 2.05) is 0 Å². The van der Waals surface area contributed by atoms with Crippen molar-refractivity contribution in [3.8, 4) is 18.1 Å². The van der Waals surface area contributed by atoms with Crippen molar-refractivity contribution in [2.75, 3.05) is 13.2 Å². The number of hydrogen-bond donors (Lipinski definition) is 1. The molecule has 0 saturated heterocycles. The van der Waals surface area contributed by atoms with Crippen molar-refractivity contribution in [3.63, 3.8) is 0 Å². The fourth-order valence-electron chi connectivity index (χ4n) is 2.29. The molecule has 0 aliphatic heterocycles. The third-order valence-corrected chi connectivity index (χ3v) is 3.59. The number of terminal acetylenes is 1. The minimum absolute atomic E-state index is 0.0654. The van der Waals surface area contributed by atoms with Crippen LogP contribution in [0.15, 0.2) is 54.6 Å². The van der Waals surface area contributed by atoms with E-state index in [4.69, 9.17) is 16.0 Å². The summed E-state index contributed by atoms with van der Waals surface area (Å²) in [6.07, 6.45) is 2.89. The van der Waals surface area contributed by atoms with Crippen LogP contribution in [0.1, 0.15) is 28.5 Å². The molecule has 0 spiro atoms. The van der Waals surface area contributed by atoms with Crippen molar-refractivity contribution >= 4 is 5.91 Å².